The minimum absolute atomic E-state index is 0.0401. The maximum atomic E-state index is 12.7. The first-order chi connectivity index (χ1) is 55.7. The number of carbonyl (C=O) groups is 3. The first-order valence-electron chi connectivity index (χ1n) is 36.2. The number of ketones is 1. The van der Waals surface area contributed by atoms with Gasteiger partial charge in [0, 0.05) is 33.0 Å². The average molecular weight is 1840 g/mol. The highest BCUT2D eigenvalue weighted by molar-refractivity contribution is 9.10. The van der Waals surface area contributed by atoms with Crippen molar-refractivity contribution in [2.75, 3.05) is 41.6 Å². The number of carboxylic acid groups (broad SMARTS) is 1. The van der Waals surface area contributed by atoms with E-state index < -0.39 is 26.0 Å². The molecule has 12 N–H and O–H groups in total. The number of nitrogen functional groups attached to an aromatic ring is 3. The van der Waals surface area contributed by atoms with Crippen LogP contribution in [0.3, 0.4) is 0 Å². The summed E-state index contributed by atoms with van der Waals surface area (Å²) in [6.45, 7) is 0. The van der Waals surface area contributed by atoms with Gasteiger partial charge in [-0.05, 0) is 223 Å². The first-order valence-corrected chi connectivity index (χ1v) is 45.0. The molecule has 0 bridgehead atoms. The number of primary sulfonamides is 2. The fourth-order valence-electron chi connectivity index (χ4n) is 13.5. The minimum Gasteiger partial charge on any atom is -0.481 e. The highest BCUT2D eigenvalue weighted by atomic mass is 79.9. The van der Waals surface area contributed by atoms with Crippen LogP contribution in [-0.4, -0.2) is 123 Å². The first kappa shape index (κ1) is 82.9. The number of aromatic amines is 1. The molecule has 4 heterocycles. The lowest BCUT2D eigenvalue weighted by Gasteiger charge is -2.14. The molecule has 0 aliphatic heterocycles. The van der Waals surface area contributed by atoms with E-state index in [0.29, 0.717) is 76.5 Å². The van der Waals surface area contributed by atoms with Crippen LogP contribution in [0.5, 0.6) is 0 Å². The van der Waals surface area contributed by atoms with Crippen molar-refractivity contribution in [1.82, 2.24) is 59.1 Å². The molecule has 116 heavy (non-hydrogen) atoms. The van der Waals surface area contributed by atoms with Crippen LogP contribution in [0.2, 0.25) is 10.0 Å². The van der Waals surface area contributed by atoms with Gasteiger partial charge in [0.2, 0.25) is 46.2 Å². The Kier molecular flexibility index (Phi) is 25.5. The van der Waals surface area contributed by atoms with E-state index in [4.69, 9.17) is 72.7 Å². The van der Waals surface area contributed by atoms with Crippen molar-refractivity contribution < 1.29 is 41.1 Å². The van der Waals surface area contributed by atoms with Gasteiger partial charge in [0.05, 0.1) is 67.6 Å². The molecular weight excluding hydrogens is 1770 g/mol. The van der Waals surface area contributed by atoms with Crippen LogP contribution in [0.25, 0.3) is 65.8 Å². The Bertz CT molecular complexity index is 6450. The number of benzene rings is 10. The zero-order valence-electron chi connectivity index (χ0n) is 61.6. The molecule has 4 aliphatic rings. The number of thioether (sulfide) groups is 3. The summed E-state index contributed by atoms with van der Waals surface area (Å²) in [5, 5.41) is 62.0. The summed E-state index contributed by atoms with van der Waals surface area (Å²) in [5.41, 5.74) is 27.6. The molecule has 0 amide bonds. The van der Waals surface area contributed by atoms with Gasteiger partial charge in [0.1, 0.15) is 5.78 Å². The number of H-pyrrole nitrogens is 1. The lowest BCUT2D eigenvalue weighted by molar-refractivity contribution is -0.137. The Hall–Kier alpha value is -9.56. The highest BCUT2D eigenvalue weighted by Crippen LogP contribution is 2.49. The van der Waals surface area contributed by atoms with E-state index >= 15 is 0 Å². The Labute approximate surface area is 710 Å². The van der Waals surface area contributed by atoms with Gasteiger partial charge >= 0.3 is 11.9 Å². The summed E-state index contributed by atoms with van der Waals surface area (Å²) in [6.07, 6.45) is 10.1. The van der Waals surface area contributed by atoms with Crippen molar-refractivity contribution >= 4 is 201 Å². The molecule has 0 spiro atoms. The van der Waals surface area contributed by atoms with Crippen molar-refractivity contribution in [3.63, 3.8) is 0 Å². The molecule has 0 unspecified atom stereocenters. The van der Waals surface area contributed by atoms with Crippen molar-refractivity contribution in [2.45, 2.75) is 107 Å². The van der Waals surface area contributed by atoms with Crippen molar-refractivity contribution in [3.8, 4) is 22.7 Å². The third kappa shape index (κ3) is 19.2. The second-order valence-corrected chi connectivity index (χ2v) is 36.2. The van der Waals surface area contributed by atoms with E-state index in [1.54, 1.807) is 9.13 Å². The monoisotopic (exact) mass is 1840 g/mol. The molecule has 596 valence electrons. The van der Waals surface area contributed by atoms with Crippen molar-refractivity contribution in [3.05, 3.63) is 234 Å². The van der Waals surface area contributed by atoms with Gasteiger partial charge in [0.15, 0.2) is 15.5 Å². The Morgan fingerprint density at radius 2 is 0.845 bits per heavy atom. The van der Waals surface area contributed by atoms with Crippen LogP contribution < -0.4 is 27.5 Å². The molecule has 14 aromatic rings. The molecule has 4 aromatic heterocycles. The molecular formula is C80H73Br2Cl2N17O9S6. The topological polar surface area (TPSA) is 405 Å². The van der Waals surface area contributed by atoms with Gasteiger partial charge in [0.25, 0.3) is 0 Å². The predicted octanol–water partition coefficient (Wildman–Crippen LogP) is 16.8. The van der Waals surface area contributed by atoms with Gasteiger partial charge in [-0.15, -0.1) is 35.7 Å². The number of rotatable bonds is 21. The number of Topliss-reactive ketones (excluding diaryl/α,β-unsaturated/α-hetero) is 1. The van der Waals surface area contributed by atoms with Crippen molar-refractivity contribution in [1.29, 1.82) is 0 Å². The predicted molar refractivity (Wildman–Crippen MR) is 466 cm³/mol. The smallest absolute Gasteiger partial charge is 0.316 e. The Morgan fingerprint density at radius 3 is 1.22 bits per heavy atom. The number of sulfonamides is 2. The number of esters is 1. The van der Waals surface area contributed by atoms with Crippen LogP contribution in [-0.2, 0) is 45.6 Å². The number of nitrogens with two attached hydrogens (primary N) is 5. The number of carboxylic acids is 1. The minimum atomic E-state index is -3.86. The standard InChI is InChI=1S/C24H20BrClN4O3S2.C18H18N4O2S.C17H14BrN3O2S.C15H14N4S.C6H7ClN2O2S/c25-23-28-29-24(34-13-16(31)11-15-7-8-17(12-21(15)26)35(27,32)33)30(23)22-10-9-18(14-5-6-14)19-3-1-2-4-20(19)22;1-24-16(23)10-25-18-21-20-17(19)22(18)15-9-8-12(11-6-7-11)13-4-2-3-5-14(13)15;18-16-19-20-17(24-9-15(22)23)21(16)14-8-7-11(10-5-6-10)12-3-1-2-4-13(12)14;16-14-17-18-15(20)19(14)13-8-7-10(9-5-6-9)11-3-1-2-4-12(11)13;7-5-3-4(12(9,10)11)1-2-6(5)8/h1-4,7-10,12,14H,5-6,11,13H2,(H2,27,32,33);2-5,8-9,11H,6-7,10H2,1H3,(H2,19,20);1-4,7-8,10H,5-6,9H2,(H,22,23);1-4,7-9H,5-6H2,(H2,16,17)(H,18,20);1-3H,8H2,(H2,9,10,11). The van der Waals surface area contributed by atoms with Gasteiger partial charge in [-0.25, -0.2) is 32.2 Å². The third-order valence-electron chi connectivity index (χ3n) is 19.6. The van der Waals surface area contributed by atoms with Crippen LogP contribution in [0.1, 0.15) is 103 Å². The van der Waals surface area contributed by atoms with Gasteiger partial charge in [-0.2, -0.15) is 0 Å². The molecule has 0 radical (unpaired) electrons. The second kappa shape index (κ2) is 35.7. The van der Waals surface area contributed by atoms with E-state index in [9.17, 15) is 31.2 Å². The average Bonchev–Trinajstić information content (AvgIpc) is 1.54. The Balaban J connectivity index is 0.000000124. The molecule has 4 saturated carbocycles. The largest absolute Gasteiger partial charge is 0.481 e. The molecule has 36 heteroatoms. The lowest BCUT2D eigenvalue weighted by atomic mass is 9.99. The van der Waals surface area contributed by atoms with E-state index in [0.717, 1.165) is 50.7 Å². The maximum Gasteiger partial charge on any atom is 0.316 e. The molecule has 0 saturated heterocycles. The third-order valence-corrected chi connectivity index (χ3v) is 26.2. The number of anilines is 3. The number of fused-ring (bicyclic) bond motifs is 4. The zero-order valence-corrected chi connectivity index (χ0v) is 71.2. The number of ether oxygens (including phenoxy) is 1. The van der Waals surface area contributed by atoms with Crippen LogP contribution in [0.4, 0.5) is 17.6 Å². The normalized spacial score (nSPS) is 13.9. The fourth-order valence-corrected chi connectivity index (χ4v) is 18.7. The maximum absolute atomic E-state index is 12.7. The summed E-state index contributed by atoms with van der Waals surface area (Å²) >= 11 is 27.7. The molecule has 26 nitrogen and oxygen atoms in total. The summed E-state index contributed by atoms with van der Waals surface area (Å²) < 4.78 is 58.2. The molecule has 4 fully saturated rings. The number of halogens is 4. The van der Waals surface area contributed by atoms with Crippen LogP contribution in [0.15, 0.2) is 217 Å². The molecule has 18 rings (SSSR count). The van der Waals surface area contributed by atoms with Gasteiger partial charge in [-0.1, -0.05) is 186 Å². The second-order valence-electron chi connectivity index (χ2n) is 27.6. The number of hydrogen-bond acceptors (Lipinski definition) is 22. The number of aliphatic carboxylic acids is 1. The SMILES string of the molecule is COC(=O)CSc1nnc(N)n1-c1ccc(C2CC2)c2ccccc12.NS(=O)(=O)c1ccc(CC(=O)CSc2nnc(Br)n2-c2ccc(C3CC3)c3ccccc23)c(Cl)c1.Nc1ccc(S(N)(=O)=O)cc1Cl.Nc1n[nH]c(=S)n1-c1ccc(C2CC2)c2ccccc12.O=C(O)CSc1nnc(Br)n1-c1ccc(C2CC2)c2ccccc12. The summed E-state index contributed by atoms with van der Waals surface area (Å²) in [7, 11) is -6.18. The fraction of sp³-hybridized carbons (Fsp3) is 0.212. The van der Waals surface area contributed by atoms with Gasteiger partial charge < -0.3 is 27.0 Å². The highest BCUT2D eigenvalue weighted by Gasteiger charge is 2.31. The summed E-state index contributed by atoms with van der Waals surface area (Å²) in [4.78, 5) is 34.9. The quantitative estimate of drug-likeness (QED) is 0.0152. The molecule has 10 aromatic carbocycles. The van der Waals surface area contributed by atoms with Crippen LogP contribution in [0, 0.1) is 4.77 Å². The van der Waals surface area contributed by atoms with Gasteiger partial charge in [-0.3, -0.25) is 32.7 Å². The van der Waals surface area contributed by atoms with Crippen LogP contribution >= 0.6 is 103 Å². The number of nitrogens with zero attached hydrogens (tertiary/aromatic N) is 11. The van der Waals surface area contributed by atoms with Crippen molar-refractivity contribution in [2.24, 2.45) is 10.3 Å². The lowest BCUT2D eigenvalue weighted by Crippen LogP contribution is -2.13. The molecule has 0 atom stereocenters. The number of nitrogens with one attached hydrogen (secondary N) is 1. The summed E-state index contributed by atoms with van der Waals surface area (Å²) in [6, 6.07) is 58.4. The molecule has 4 aliphatic carbocycles. The summed E-state index contributed by atoms with van der Waals surface area (Å²) in [5.74, 6) is 2.33. The number of hydrogen-bond donors (Lipinski definition) is 7. The van der Waals surface area contributed by atoms with E-state index in [-0.39, 0.29) is 55.3 Å². The number of aromatic nitrogens is 12. The van der Waals surface area contributed by atoms with E-state index in [1.165, 1.54) is 168 Å². The number of methoxy groups -OCH3 is 1. The zero-order chi connectivity index (χ0) is 81.9. The number of carbonyl (C=O) groups excluding carboxylic acids is 2. The Morgan fingerprint density at radius 1 is 0.483 bits per heavy atom. The van der Waals surface area contributed by atoms with E-state index in [2.05, 4.69) is 188 Å². The van der Waals surface area contributed by atoms with E-state index in [1.807, 2.05) is 39.5 Å².